The lowest BCUT2D eigenvalue weighted by atomic mass is 9.75. The Balaban J connectivity index is 2.04. The number of nitrogens with zero attached hydrogens (tertiary/aromatic N) is 1. The summed E-state index contributed by atoms with van der Waals surface area (Å²) in [6.45, 7) is 3.06. The van der Waals surface area contributed by atoms with Gasteiger partial charge in [-0.25, -0.2) is 0 Å². The quantitative estimate of drug-likeness (QED) is 0.866. The fraction of sp³-hybridized carbons (Fsp3) is 0.533. The Bertz CT molecular complexity index is 453. The highest BCUT2D eigenvalue weighted by Crippen LogP contribution is 2.34. The first-order chi connectivity index (χ1) is 8.73. The lowest BCUT2D eigenvalue weighted by molar-refractivity contribution is 0.175. The second kappa shape index (κ2) is 5.41. The monoisotopic (exact) mass is 244 g/mol. The third-order valence-electron chi connectivity index (χ3n) is 4.04. The lowest BCUT2D eigenvalue weighted by Gasteiger charge is -2.42. The van der Waals surface area contributed by atoms with Crippen LogP contribution in [-0.4, -0.2) is 12.6 Å². The summed E-state index contributed by atoms with van der Waals surface area (Å²) in [5, 5.41) is 12.7. The van der Waals surface area contributed by atoms with Crippen molar-refractivity contribution in [3.05, 3.63) is 29.3 Å². The molecule has 0 radical (unpaired) electrons. The molecule has 1 aromatic rings. The van der Waals surface area contributed by atoms with Gasteiger partial charge in [0.2, 0.25) is 0 Å². The molecule has 3 nitrogen and oxygen atoms in total. The fourth-order valence-corrected chi connectivity index (χ4v) is 2.50. The molecular weight excluding hydrogens is 224 g/mol. The Morgan fingerprint density at radius 3 is 2.72 bits per heavy atom. The van der Waals surface area contributed by atoms with Crippen LogP contribution in [0.5, 0.6) is 5.75 Å². The van der Waals surface area contributed by atoms with Crippen molar-refractivity contribution in [1.82, 2.24) is 5.32 Å². The maximum Gasteiger partial charge on any atom is 0.136 e. The van der Waals surface area contributed by atoms with E-state index in [-0.39, 0.29) is 0 Å². The normalized spacial score (nSPS) is 16.7. The van der Waals surface area contributed by atoms with Crippen LogP contribution >= 0.6 is 0 Å². The van der Waals surface area contributed by atoms with E-state index in [4.69, 9.17) is 10.00 Å². The van der Waals surface area contributed by atoms with Crippen LogP contribution in [0, 0.1) is 11.3 Å². The molecule has 96 valence electrons. The zero-order valence-corrected chi connectivity index (χ0v) is 11.1. The van der Waals surface area contributed by atoms with Gasteiger partial charge >= 0.3 is 0 Å². The predicted molar refractivity (Wildman–Crippen MR) is 71.4 cm³/mol. The fourth-order valence-electron chi connectivity index (χ4n) is 2.50. The van der Waals surface area contributed by atoms with Crippen molar-refractivity contribution in [2.75, 3.05) is 7.11 Å². The van der Waals surface area contributed by atoms with E-state index in [0.29, 0.717) is 16.9 Å². The number of nitriles is 1. The average Bonchev–Trinajstić information content (AvgIpc) is 2.37. The summed E-state index contributed by atoms with van der Waals surface area (Å²) in [6, 6.07) is 7.98. The van der Waals surface area contributed by atoms with Gasteiger partial charge in [-0.2, -0.15) is 5.26 Å². The maximum absolute atomic E-state index is 9.06. The van der Waals surface area contributed by atoms with Crippen LogP contribution in [0.1, 0.15) is 43.7 Å². The van der Waals surface area contributed by atoms with Crippen LogP contribution in [0.2, 0.25) is 0 Å². The molecule has 0 amide bonds. The van der Waals surface area contributed by atoms with E-state index < -0.39 is 0 Å². The minimum atomic E-state index is 0.340. The molecule has 1 aromatic carbocycles. The molecule has 1 N–H and O–H groups in total. The molecule has 0 unspecified atom stereocenters. The van der Waals surface area contributed by atoms with Crippen LogP contribution in [0.3, 0.4) is 0 Å². The van der Waals surface area contributed by atoms with Crippen molar-refractivity contribution in [3.8, 4) is 11.8 Å². The molecule has 0 aliphatic heterocycles. The SMILES string of the molecule is CCC1(NCc2ccc(OC)c(C#N)c2)CCC1. The lowest BCUT2D eigenvalue weighted by Crippen LogP contribution is -2.49. The van der Waals surface area contributed by atoms with E-state index in [2.05, 4.69) is 18.3 Å². The van der Waals surface area contributed by atoms with Crippen LogP contribution < -0.4 is 10.1 Å². The molecule has 0 bridgehead atoms. The molecule has 1 aliphatic rings. The average molecular weight is 244 g/mol. The standard InChI is InChI=1S/C15H20N2O/c1-3-15(7-4-8-15)17-11-12-5-6-14(18-2)13(9-12)10-16/h5-6,9,17H,3-4,7-8,11H2,1-2H3. The summed E-state index contributed by atoms with van der Waals surface area (Å²) >= 11 is 0. The number of ether oxygens (including phenoxy) is 1. The van der Waals surface area contributed by atoms with E-state index in [1.165, 1.54) is 25.7 Å². The van der Waals surface area contributed by atoms with Gasteiger partial charge in [-0.1, -0.05) is 13.0 Å². The Morgan fingerprint density at radius 1 is 1.44 bits per heavy atom. The second-order valence-corrected chi connectivity index (χ2v) is 4.99. The maximum atomic E-state index is 9.06. The van der Waals surface area contributed by atoms with Crippen LogP contribution in [0.4, 0.5) is 0 Å². The zero-order valence-electron chi connectivity index (χ0n) is 11.1. The number of benzene rings is 1. The smallest absolute Gasteiger partial charge is 0.136 e. The van der Waals surface area contributed by atoms with Crippen LogP contribution in [-0.2, 0) is 6.54 Å². The second-order valence-electron chi connectivity index (χ2n) is 4.99. The number of hydrogen-bond donors (Lipinski definition) is 1. The minimum absolute atomic E-state index is 0.340. The molecule has 0 heterocycles. The highest BCUT2D eigenvalue weighted by atomic mass is 16.5. The molecule has 2 rings (SSSR count). The van der Waals surface area contributed by atoms with Crippen molar-refractivity contribution < 1.29 is 4.74 Å². The molecule has 1 fully saturated rings. The summed E-state index contributed by atoms with van der Waals surface area (Å²) in [5.41, 5.74) is 2.09. The number of rotatable bonds is 5. The van der Waals surface area contributed by atoms with Gasteiger partial charge in [-0.15, -0.1) is 0 Å². The first-order valence-electron chi connectivity index (χ1n) is 6.55. The predicted octanol–water partition coefficient (Wildman–Crippen LogP) is 2.99. The number of methoxy groups -OCH3 is 1. The minimum Gasteiger partial charge on any atom is -0.495 e. The van der Waals surface area contributed by atoms with Gasteiger partial charge in [0.1, 0.15) is 11.8 Å². The molecule has 0 atom stereocenters. The number of hydrogen-bond acceptors (Lipinski definition) is 3. The molecule has 18 heavy (non-hydrogen) atoms. The van der Waals surface area contributed by atoms with Gasteiger partial charge in [0.25, 0.3) is 0 Å². The molecule has 1 aliphatic carbocycles. The zero-order chi connectivity index (χ0) is 13.0. The summed E-state index contributed by atoms with van der Waals surface area (Å²) < 4.78 is 5.15. The highest BCUT2D eigenvalue weighted by molar-refractivity contribution is 5.45. The topological polar surface area (TPSA) is 45.0 Å². The summed E-state index contributed by atoms with van der Waals surface area (Å²) in [6.07, 6.45) is 5.04. The van der Waals surface area contributed by atoms with E-state index >= 15 is 0 Å². The Hall–Kier alpha value is -1.53. The molecular formula is C15H20N2O. The highest BCUT2D eigenvalue weighted by Gasteiger charge is 2.34. The summed E-state index contributed by atoms with van der Waals surface area (Å²) in [4.78, 5) is 0. The van der Waals surface area contributed by atoms with Crippen molar-refractivity contribution in [2.45, 2.75) is 44.7 Å². The summed E-state index contributed by atoms with van der Waals surface area (Å²) in [7, 11) is 1.59. The molecule has 3 heteroatoms. The molecule has 0 saturated heterocycles. The van der Waals surface area contributed by atoms with Crippen molar-refractivity contribution in [3.63, 3.8) is 0 Å². The van der Waals surface area contributed by atoms with Crippen LogP contribution in [0.15, 0.2) is 18.2 Å². The molecule has 0 spiro atoms. The Labute approximate surface area is 109 Å². The van der Waals surface area contributed by atoms with Gasteiger partial charge in [0.15, 0.2) is 0 Å². The van der Waals surface area contributed by atoms with Crippen molar-refractivity contribution >= 4 is 0 Å². The third-order valence-corrected chi connectivity index (χ3v) is 4.04. The van der Waals surface area contributed by atoms with Crippen molar-refractivity contribution in [2.24, 2.45) is 0 Å². The van der Waals surface area contributed by atoms with Gasteiger partial charge in [0.05, 0.1) is 12.7 Å². The van der Waals surface area contributed by atoms with Gasteiger partial charge < -0.3 is 10.1 Å². The van der Waals surface area contributed by atoms with E-state index in [0.717, 1.165) is 12.1 Å². The van der Waals surface area contributed by atoms with E-state index in [9.17, 15) is 0 Å². The first-order valence-corrected chi connectivity index (χ1v) is 6.55. The largest absolute Gasteiger partial charge is 0.495 e. The van der Waals surface area contributed by atoms with Gasteiger partial charge in [0, 0.05) is 12.1 Å². The summed E-state index contributed by atoms with van der Waals surface area (Å²) in [5.74, 6) is 0.648. The van der Waals surface area contributed by atoms with E-state index in [1.807, 2.05) is 18.2 Å². The Morgan fingerprint density at radius 2 is 2.22 bits per heavy atom. The van der Waals surface area contributed by atoms with E-state index in [1.54, 1.807) is 7.11 Å². The Kier molecular flexibility index (Phi) is 3.88. The van der Waals surface area contributed by atoms with Crippen molar-refractivity contribution in [1.29, 1.82) is 5.26 Å². The van der Waals surface area contributed by atoms with Gasteiger partial charge in [-0.05, 0) is 43.4 Å². The van der Waals surface area contributed by atoms with Gasteiger partial charge in [-0.3, -0.25) is 0 Å². The molecule has 1 saturated carbocycles. The third kappa shape index (κ3) is 2.49. The first kappa shape index (κ1) is 12.9. The number of nitrogens with one attached hydrogen (secondary N) is 1. The van der Waals surface area contributed by atoms with Crippen LogP contribution in [0.25, 0.3) is 0 Å². The molecule has 0 aromatic heterocycles.